The van der Waals surface area contributed by atoms with E-state index in [2.05, 4.69) is 34.0 Å². The first-order valence-electron chi connectivity index (χ1n) is 12.3. The molecule has 3 saturated heterocycles. The lowest BCUT2D eigenvalue weighted by atomic mass is 9.80. The van der Waals surface area contributed by atoms with Gasteiger partial charge in [0.25, 0.3) is 0 Å². The summed E-state index contributed by atoms with van der Waals surface area (Å²) in [7, 11) is 0. The van der Waals surface area contributed by atoms with Crippen molar-refractivity contribution in [3.05, 3.63) is 18.0 Å². The second-order valence-electron chi connectivity index (χ2n) is 9.94. The van der Waals surface area contributed by atoms with Gasteiger partial charge in [-0.3, -0.25) is 14.6 Å². The Bertz CT molecular complexity index is 724. The molecule has 2 bridgehead atoms. The van der Waals surface area contributed by atoms with Crippen molar-refractivity contribution in [1.82, 2.24) is 19.8 Å². The van der Waals surface area contributed by atoms with Crippen molar-refractivity contribution in [3.63, 3.8) is 0 Å². The first kappa shape index (κ1) is 20.4. The number of rotatable bonds is 6. The fraction of sp³-hybridized carbons (Fsp3) is 0.792. The van der Waals surface area contributed by atoms with Crippen LogP contribution in [0, 0.1) is 5.92 Å². The van der Waals surface area contributed by atoms with Gasteiger partial charge < -0.3 is 4.90 Å². The molecule has 0 aromatic carbocycles. The second kappa shape index (κ2) is 8.54. The lowest BCUT2D eigenvalue weighted by Gasteiger charge is -2.46. The molecule has 2 atom stereocenters. The van der Waals surface area contributed by atoms with Crippen LogP contribution in [0.3, 0.4) is 0 Å². The molecular formula is C24H37N5O. The van der Waals surface area contributed by atoms with Crippen molar-refractivity contribution in [2.45, 2.75) is 82.8 Å². The van der Waals surface area contributed by atoms with Gasteiger partial charge in [0.2, 0.25) is 5.95 Å². The van der Waals surface area contributed by atoms with Crippen molar-refractivity contribution in [1.29, 1.82) is 0 Å². The summed E-state index contributed by atoms with van der Waals surface area (Å²) in [6.45, 7) is 9.97. The minimum atomic E-state index is 0.332. The van der Waals surface area contributed by atoms with Crippen LogP contribution in [0.5, 0.6) is 0 Å². The third-order valence-electron chi connectivity index (χ3n) is 8.29. The van der Waals surface area contributed by atoms with Crippen molar-refractivity contribution in [2.75, 3.05) is 37.6 Å². The molecule has 1 aliphatic carbocycles. The SMILES string of the molecule is CCC(=O)[C@H]1CC[C@H](N2CC(c3cnc(N4C5CCC4CN(CC)C5)nc3)C2)CC1. The number of carbonyl (C=O) groups is 1. The fourth-order valence-corrected chi connectivity index (χ4v) is 6.32. The van der Waals surface area contributed by atoms with Crippen LogP contribution in [-0.4, -0.2) is 76.4 Å². The van der Waals surface area contributed by atoms with E-state index in [1.54, 1.807) is 0 Å². The highest BCUT2D eigenvalue weighted by atomic mass is 16.1. The van der Waals surface area contributed by atoms with Crippen LogP contribution in [0.25, 0.3) is 0 Å². The van der Waals surface area contributed by atoms with Gasteiger partial charge in [-0.05, 0) is 50.6 Å². The Hall–Kier alpha value is -1.53. The molecule has 0 amide bonds. The summed E-state index contributed by atoms with van der Waals surface area (Å²) in [5.41, 5.74) is 1.30. The maximum absolute atomic E-state index is 11.9. The number of anilines is 1. The van der Waals surface area contributed by atoms with Crippen LogP contribution in [0.1, 0.15) is 70.3 Å². The third kappa shape index (κ3) is 3.77. The number of hydrogen-bond acceptors (Lipinski definition) is 6. The maximum atomic E-state index is 11.9. The number of nitrogens with zero attached hydrogens (tertiary/aromatic N) is 5. The van der Waals surface area contributed by atoms with Gasteiger partial charge in [0.05, 0.1) is 0 Å². The normalized spacial score (nSPS) is 32.9. The molecule has 6 nitrogen and oxygen atoms in total. The van der Waals surface area contributed by atoms with Crippen LogP contribution in [0.4, 0.5) is 5.95 Å². The molecule has 5 rings (SSSR count). The first-order chi connectivity index (χ1) is 14.7. The Balaban J connectivity index is 1.14. The quantitative estimate of drug-likeness (QED) is 0.717. The maximum Gasteiger partial charge on any atom is 0.225 e. The van der Waals surface area contributed by atoms with E-state index in [0.29, 0.717) is 42.2 Å². The van der Waals surface area contributed by atoms with Crippen molar-refractivity contribution < 1.29 is 4.79 Å². The zero-order valence-corrected chi connectivity index (χ0v) is 18.7. The molecule has 1 aromatic rings. The molecule has 164 valence electrons. The Morgan fingerprint density at radius 3 is 2.07 bits per heavy atom. The standard InChI is InChI=1S/C24H37N5O/c1-3-23(30)17-5-7-20(8-6-17)28-13-19(14-28)18-11-25-24(26-12-18)29-21-9-10-22(29)16-27(4-2)15-21/h11-12,17,19-22H,3-10,13-16H2,1-2H3/t17-,20-,21?,22?. The summed E-state index contributed by atoms with van der Waals surface area (Å²) in [6.07, 6.45) is 12.0. The molecule has 0 radical (unpaired) electrons. The summed E-state index contributed by atoms with van der Waals surface area (Å²) in [4.78, 5) is 29.3. The van der Waals surface area contributed by atoms with Gasteiger partial charge in [-0.25, -0.2) is 9.97 Å². The van der Waals surface area contributed by atoms with E-state index < -0.39 is 0 Å². The number of likely N-dealkylation sites (N-methyl/N-ethyl adjacent to an activating group) is 1. The number of likely N-dealkylation sites (tertiary alicyclic amines) is 2. The predicted molar refractivity (Wildman–Crippen MR) is 119 cm³/mol. The molecule has 0 N–H and O–H groups in total. The van der Waals surface area contributed by atoms with E-state index in [1.165, 1.54) is 31.2 Å². The van der Waals surface area contributed by atoms with E-state index in [0.717, 1.165) is 51.5 Å². The largest absolute Gasteiger partial charge is 0.332 e. The summed E-state index contributed by atoms with van der Waals surface area (Å²) >= 11 is 0. The van der Waals surface area contributed by atoms with Gasteiger partial charge in [-0.1, -0.05) is 13.8 Å². The summed E-state index contributed by atoms with van der Waals surface area (Å²) in [5.74, 6) is 2.32. The number of hydrogen-bond donors (Lipinski definition) is 0. The van der Waals surface area contributed by atoms with Crippen LogP contribution < -0.4 is 4.90 Å². The molecule has 1 saturated carbocycles. The molecule has 3 aliphatic heterocycles. The number of fused-ring (bicyclic) bond motifs is 2. The molecule has 4 aliphatic rings. The number of carbonyl (C=O) groups excluding carboxylic acids is 1. The van der Waals surface area contributed by atoms with Gasteiger partial charge in [0, 0.05) is 75.0 Å². The fourth-order valence-electron chi connectivity index (χ4n) is 6.32. The van der Waals surface area contributed by atoms with Crippen molar-refractivity contribution in [3.8, 4) is 0 Å². The number of Topliss-reactive ketones (excluding diaryl/α,β-unsaturated/α-hetero) is 1. The smallest absolute Gasteiger partial charge is 0.225 e. The highest BCUT2D eigenvalue weighted by molar-refractivity contribution is 5.80. The highest BCUT2D eigenvalue weighted by Crippen LogP contribution is 2.36. The average molecular weight is 412 g/mol. The first-order valence-corrected chi connectivity index (χ1v) is 12.3. The van der Waals surface area contributed by atoms with Gasteiger partial charge in [-0.15, -0.1) is 0 Å². The molecular weight excluding hydrogens is 374 g/mol. The Morgan fingerprint density at radius 2 is 1.50 bits per heavy atom. The van der Waals surface area contributed by atoms with Crippen LogP contribution in [0.15, 0.2) is 12.4 Å². The third-order valence-corrected chi connectivity index (χ3v) is 8.29. The average Bonchev–Trinajstić information content (AvgIpc) is 3.02. The number of aromatic nitrogens is 2. The molecule has 30 heavy (non-hydrogen) atoms. The molecule has 0 spiro atoms. The predicted octanol–water partition coefficient (Wildman–Crippen LogP) is 3.09. The molecule has 4 fully saturated rings. The van der Waals surface area contributed by atoms with Gasteiger partial charge in [0.1, 0.15) is 5.78 Å². The van der Waals surface area contributed by atoms with E-state index >= 15 is 0 Å². The Labute approximate surface area is 181 Å². The van der Waals surface area contributed by atoms with E-state index in [9.17, 15) is 4.79 Å². The van der Waals surface area contributed by atoms with Gasteiger partial charge in [-0.2, -0.15) is 0 Å². The lowest BCUT2D eigenvalue weighted by molar-refractivity contribution is -0.124. The van der Waals surface area contributed by atoms with Crippen LogP contribution in [0.2, 0.25) is 0 Å². The van der Waals surface area contributed by atoms with Crippen LogP contribution in [-0.2, 0) is 4.79 Å². The second-order valence-corrected chi connectivity index (χ2v) is 9.94. The Morgan fingerprint density at radius 1 is 0.900 bits per heavy atom. The number of piperazine rings is 1. The topological polar surface area (TPSA) is 52.6 Å². The van der Waals surface area contributed by atoms with Crippen molar-refractivity contribution >= 4 is 11.7 Å². The highest BCUT2D eigenvalue weighted by Gasteiger charge is 2.41. The molecule has 6 heteroatoms. The van der Waals surface area contributed by atoms with E-state index in [1.807, 2.05) is 6.92 Å². The lowest BCUT2D eigenvalue weighted by Crippen LogP contribution is -2.54. The zero-order chi connectivity index (χ0) is 20.7. The van der Waals surface area contributed by atoms with E-state index in [-0.39, 0.29) is 0 Å². The molecule has 2 unspecified atom stereocenters. The van der Waals surface area contributed by atoms with Crippen LogP contribution >= 0.6 is 0 Å². The summed E-state index contributed by atoms with van der Waals surface area (Å²) < 4.78 is 0. The minimum Gasteiger partial charge on any atom is -0.332 e. The van der Waals surface area contributed by atoms with E-state index in [4.69, 9.17) is 9.97 Å². The Kier molecular flexibility index (Phi) is 5.80. The van der Waals surface area contributed by atoms with Gasteiger partial charge >= 0.3 is 0 Å². The minimum absolute atomic E-state index is 0.332. The van der Waals surface area contributed by atoms with Crippen molar-refractivity contribution in [2.24, 2.45) is 5.92 Å². The number of ketones is 1. The molecule has 1 aromatic heterocycles. The summed E-state index contributed by atoms with van der Waals surface area (Å²) in [5, 5.41) is 0. The molecule has 4 heterocycles. The monoisotopic (exact) mass is 411 g/mol. The van der Waals surface area contributed by atoms with Gasteiger partial charge in [0.15, 0.2) is 0 Å². The zero-order valence-electron chi connectivity index (χ0n) is 18.7. The summed E-state index contributed by atoms with van der Waals surface area (Å²) in [6, 6.07) is 1.85.